The average molecular weight is 443 g/mol. The van der Waals surface area contributed by atoms with Crippen LogP contribution in [0.5, 0.6) is 0 Å². The summed E-state index contributed by atoms with van der Waals surface area (Å²) in [7, 11) is -2.51. The molecular formula is C20H30N2O5S2. The zero-order valence-electron chi connectivity index (χ0n) is 17.7. The van der Waals surface area contributed by atoms with Gasteiger partial charge in [0.2, 0.25) is 0 Å². The van der Waals surface area contributed by atoms with Crippen molar-refractivity contribution in [1.29, 1.82) is 0 Å². The molecule has 0 unspecified atom stereocenters. The monoisotopic (exact) mass is 442 g/mol. The van der Waals surface area contributed by atoms with Crippen molar-refractivity contribution >= 4 is 27.3 Å². The van der Waals surface area contributed by atoms with Crippen molar-refractivity contribution in [3.63, 3.8) is 0 Å². The van der Waals surface area contributed by atoms with Crippen LogP contribution in [0, 0.1) is 0 Å². The summed E-state index contributed by atoms with van der Waals surface area (Å²) >= 11 is 1.21. The second-order valence-electron chi connectivity index (χ2n) is 8.00. The zero-order valence-corrected chi connectivity index (χ0v) is 19.4. The van der Waals surface area contributed by atoms with E-state index in [9.17, 15) is 13.2 Å². The maximum atomic E-state index is 13.5. The molecule has 2 atom stereocenters. The van der Waals surface area contributed by atoms with Crippen molar-refractivity contribution < 1.29 is 22.7 Å². The average Bonchev–Trinajstić information content (AvgIpc) is 3.04. The van der Waals surface area contributed by atoms with Gasteiger partial charge in [-0.3, -0.25) is 4.90 Å². The van der Waals surface area contributed by atoms with E-state index in [1.165, 1.54) is 28.3 Å². The molecule has 1 fully saturated rings. The lowest BCUT2D eigenvalue weighted by atomic mass is 10.0. The molecule has 7 nitrogen and oxygen atoms in total. The molecule has 3 rings (SSSR count). The van der Waals surface area contributed by atoms with Crippen molar-refractivity contribution in [3.8, 4) is 0 Å². The Balaban J connectivity index is 1.99. The van der Waals surface area contributed by atoms with Crippen LogP contribution in [0.3, 0.4) is 0 Å². The highest BCUT2D eigenvalue weighted by Crippen LogP contribution is 2.38. The van der Waals surface area contributed by atoms with Crippen molar-refractivity contribution in [2.75, 3.05) is 33.3 Å². The fourth-order valence-corrected chi connectivity index (χ4v) is 7.49. The highest BCUT2D eigenvalue weighted by atomic mass is 32.2. The number of morpholine rings is 1. The number of ether oxygens (including phenoxy) is 2. The van der Waals surface area contributed by atoms with Gasteiger partial charge in [-0.15, -0.1) is 11.3 Å². The van der Waals surface area contributed by atoms with Crippen LogP contribution in [0.25, 0.3) is 0 Å². The van der Waals surface area contributed by atoms with E-state index in [1.807, 2.05) is 13.8 Å². The molecule has 1 saturated heterocycles. The molecule has 0 N–H and O–H groups in total. The van der Waals surface area contributed by atoms with E-state index in [0.29, 0.717) is 13.0 Å². The molecule has 0 radical (unpaired) electrons. The van der Waals surface area contributed by atoms with Crippen molar-refractivity contribution in [2.45, 2.75) is 57.1 Å². The number of thiophene rings is 1. The molecule has 162 valence electrons. The van der Waals surface area contributed by atoms with Crippen molar-refractivity contribution in [3.05, 3.63) is 27.7 Å². The molecule has 0 aromatic carbocycles. The van der Waals surface area contributed by atoms with Crippen LogP contribution in [0.15, 0.2) is 15.9 Å². The zero-order chi connectivity index (χ0) is 21.3. The fraction of sp³-hybridized carbons (Fsp3) is 0.650. The first-order chi connectivity index (χ1) is 13.6. The third kappa shape index (κ3) is 4.74. The topological polar surface area (TPSA) is 76.2 Å². The molecule has 1 aromatic heterocycles. The molecule has 3 heterocycles. The highest BCUT2D eigenvalue weighted by Gasteiger charge is 2.39. The fourth-order valence-electron chi connectivity index (χ4n) is 3.83. The van der Waals surface area contributed by atoms with Gasteiger partial charge in [0.25, 0.3) is 10.0 Å². The van der Waals surface area contributed by atoms with Crippen LogP contribution in [-0.2, 0) is 32.5 Å². The number of sulfonamides is 1. The minimum Gasteiger partial charge on any atom is -0.465 e. The van der Waals surface area contributed by atoms with Gasteiger partial charge < -0.3 is 9.47 Å². The molecule has 0 aliphatic carbocycles. The predicted molar refractivity (Wildman–Crippen MR) is 113 cm³/mol. The highest BCUT2D eigenvalue weighted by molar-refractivity contribution is 7.91. The standard InChI is InChI=1S/C20H30N2O5S2/c1-13(2)6-8-21-9-7-16-17(12-21)28-20(18(16)19(23)26-5)29(24,25)22-10-14(3)27-15(4)11-22/h6,14-15H,7-12H2,1-5H3/t14-,15+. The second-order valence-corrected chi connectivity index (χ2v) is 11.2. The second kappa shape index (κ2) is 8.85. The summed E-state index contributed by atoms with van der Waals surface area (Å²) in [4.78, 5) is 15.8. The van der Waals surface area contributed by atoms with Gasteiger partial charge >= 0.3 is 5.97 Å². The number of esters is 1. The lowest BCUT2D eigenvalue weighted by molar-refractivity contribution is -0.0440. The summed E-state index contributed by atoms with van der Waals surface area (Å²) in [6, 6.07) is 0. The smallest absolute Gasteiger partial charge is 0.340 e. The third-order valence-electron chi connectivity index (χ3n) is 5.21. The lowest BCUT2D eigenvalue weighted by Crippen LogP contribution is -2.48. The van der Waals surface area contributed by atoms with Crippen molar-refractivity contribution in [1.82, 2.24) is 9.21 Å². The summed E-state index contributed by atoms with van der Waals surface area (Å²) in [5.74, 6) is -0.576. The minimum absolute atomic E-state index is 0.111. The maximum Gasteiger partial charge on any atom is 0.340 e. The molecule has 2 aliphatic heterocycles. The summed E-state index contributed by atoms with van der Waals surface area (Å²) in [5.41, 5.74) is 2.29. The van der Waals surface area contributed by atoms with E-state index in [-0.39, 0.29) is 35.1 Å². The summed E-state index contributed by atoms with van der Waals surface area (Å²) in [6.45, 7) is 10.6. The van der Waals surface area contributed by atoms with Crippen LogP contribution in [0.2, 0.25) is 0 Å². The predicted octanol–water partition coefficient (Wildman–Crippen LogP) is 2.66. The van der Waals surface area contributed by atoms with Gasteiger partial charge in [0, 0.05) is 37.6 Å². The Morgan fingerprint density at radius 1 is 1.28 bits per heavy atom. The van der Waals surface area contributed by atoms with Gasteiger partial charge in [-0.25, -0.2) is 13.2 Å². The van der Waals surface area contributed by atoms with E-state index in [4.69, 9.17) is 9.47 Å². The summed E-state index contributed by atoms with van der Waals surface area (Å²) in [6.07, 6.45) is 2.42. The lowest BCUT2D eigenvalue weighted by Gasteiger charge is -2.34. The Morgan fingerprint density at radius 2 is 1.93 bits per heavy atom. The Bertz CT molecular complexity index is 892. The molecule has 0 spiro atoms. The van der Waals surface area contributed by atoms with E-state index >= 15 is 0 Å². The summed E-state index contributed by atoms with van der Waals surface area (Å²) in [5, 5.41) is 0. The SMILES string of the molecule is COC(=O)c1c(S(=O)(=O)N2C[C@@H](C)O[C@@H](C)C2)sc2c1CCN(CC=C(C)C)C2. The number of nitrogens with zero attached hydrogens (tertiary/aromatic N) is 2. The Labute approximate surface area is 177 Å². The first kappa shape index (κ1) is 22.4. The minimum atomic E-state index is -3.81. The van der Waals surface area contributed by atoms with Gasteiger partial charge in [-0.2, -0.15) is 4.31 Å². The van der Waals surface area contributed by atoms with Gasteiger partial charge in [0.05, 0.1) is 24.9 Å². The third-order valence-corrected chi connectivity index (χ3v) is 8.76. The molecular weight excluding hydrogens is 412 g/mol. The number of methoxy groups -OCH3 is 1. The largest absolute Gasteiger partial charge is 0.465 e. The number of carbonyl (C=O) groups is 1. The molecule has 1 aromatic rings. The molecule has 0 saturated carbocycles. The van der Waals surface area contributed by atoms with Gasteiger partial charge in [-0.05, 0) is 39.7 Å². The molecule has 0 bridgehead atoms. The number of hydrogen-bond donors (Lipinski definition) is 0. The first-order valence-corrected chi connectivity index (χ1v) is 12.1. The number of fused-ring (bicyclic) bond motifs is 1. The van der Waals surface area contributed by atoms with Crippen LogP contribution < -0.4 is 0 Å². The quantitative estimate of drug-likeness (QED) is 0.515. The normalized spacial score (nSPS) is 23.5. The molecule has 2 aliphatic rings. The first-order valence-electron chi connectivity index (χ1n) is 9.87. The van der Waals surface area contributed by atoms with E-state index in [0.717, 1.165) is 23.5 Å². The van der Waals surface area contributed by atoms with E-state index in [1.54, 1.807) is 0 Å². The number of rotatable bonds is 5. The van der Waals surface area contributed by atoms with Crippen LogP contribution in [0.4, 0.5) is 0 Å². The van der Waals surface area contributed by atoms with Gasteiger partial charge in [0.15, 0.2) is 0 Å². The molecule has 9 heteroatoms. The van der Waals surface area contributed by atoms with Gasteiger partial charge in [0.1, 0.15) is 4.21 Å². The Hall–Kier alpha value is -1.26. The number of allylic oxidation sites excluding steroid dienone is 1. The Kier molecular flexibility index (Phi) is 6.84. The number of hydrogen-bond acceptors (Lipinski definition) is 7. The van der Waals surface area contributed by atoms with Gasteiger partial charge in [-0.1, -0.05) is 11.6 Å². The molecule has 0 amide bonds. The maximum absolute atomic E-state index is 13.5. The summed E-state index contributed by atoms with van der Waals surface area (Å²) < 4.78 is 39.2. The van der Waals surface area contributed by atoms with E-state index < -0.39 is 16.0 Å². The van der Waals surface area contributed by atoms with Crippen molar-refractivity contribution in [2.24, 2.45) is 0 Å². The Morgan fingerprint density at radius 3 is 2.52 bits per heavy atom. The number of carbonyl (C=O) groups excluding carboxylic acids is 1. The molecule has 29 heavy (non-hydrogen) atoms. The van der Waals surface area contributed by atoms with E-state index in [2.05, 4.69) is 24.8 Å². The van der Waals surface area contributed by atoms with Crippen LogP contribution >= 0.6 is 11.3 Å². The van der Waals surface area contributed by atoms with Crippen LogP contribution in [0.1, 0.15) is 48.5 Å². The van der Waals surface area contributed by atoms with Crippen LogP contribution in [-0.4, -0.2) is 69.1 Å².